The fourth-order valence-corrected chi connectivity index (χ4v) is 4.97. The summed E-state index contributed by atoms with van der Waals surface area (Å²) in [5.41, 5.74) is 3.02. The number of nitrogens with zero attached hydrogens (tertiary/aromatic N) is 5. The molecular weight excluding hydrogens is 466 g/mol. The van der Waals surface area contributed by atoms with Crippen molar-refractivity contribution in [1.82, 2.24) is 24.3 Å². The van der Waals surface area contributed by atoms with Crippen LogP contribution >= 0.6 is 0 Å². The van der Waals surface area contributed by atoms with Gasteiger partial charge in [-0.25, -0.2) is 14.8 Å². The van der Waals surface area contributed by atoms with E-state index in [1.54, 1.807) is 52.5 Å². The molecule has 0 aliphatic carbocycles. The summed E-state index contributed by atoms with van der Waals surface area (Å²) in [6.45, 7) is 1.22. The zero-order valence-corrected chi connectivity index (χ0v) is 19.8. The number of piperazine rings is 1. The Labute approximate surface area is 204 Å². The first-order chi connectivity index (χ1) is 16.9. The lowest BCUT2D eigenvalue weighted by Crippen LogP contribution is -2.50. The van der Waals surface area contributed by atoms with Crippen LogP contribution in [0.4, 0.5) is 4.79 Å². The molecule has 1 atom stereocenters. The van der Waals surface area contributed by atoms with Gasteiger partial charge in [-0.1, -0.05) is 36.4 Å². The number of carbonyl (C=O) groups excluding carboxylic acids is 1. The van der Waals surface area contributed by atoms with Gasteiger partial charge in [0, 0.05) is 67.5 Å². The Balaban J connectivity index is 1.50. The van der Waals surface area contributed by atoms with Gasteiger partial charge >= 0.3 is 6.09 Å². The minimum atomic E-state index is -1.25. The molecule has 0 bridgehead atoms. The van der Waals surface area contributed by atoms with Gasteiger partial charge in [-0.2, -0.15) is 0 Å². The van der Waals surface area contributed by atoms with Crippen molar-refractivity contribution in [3.8, 4) is 17.1 Å². The Morgan fingerprint density at radius 3 is 2.20 bits per heavy atom. The maximum absolute atomic E-state index is 13.2. The first kappa shape index (κ1) is 22.7. The topological polar surface area (TPSA) is 109 Å². The number of fused-ring (bicyclic) bond motifs is 1. The molecule has 178 valence electrons. The van der Waals surface area contributed by atoms with E-state index in [0.29, 0.717) is 35.0 Å². The summed E-state index contributed by atoms with van der Waals surface area (Å²) in [4.78, 5) is 37.0. The molecule has 0 radical (unpaired) electrons. The van der Waals surface area contributed by atoms with Crippen molar-refractivity contribution in [1.29, 1.82) is 0 Å². The van der Waals surface area contributed by atoms with Crippen LogP contribution in [-0.2, 0) is 10.8 Å². The summed E-state index contributed by atoms with van der Waals surface area (Å²) in [5.74, 6) is 0.232. The van der Waals surface area contributed by atoms with Gasteiger partial charge < -0.3 is 14.9 Å². The van der Waals surface area contributed by atoms with Gasteiger partial charge in [-0.3, -0.25) is 13.6 Å². The van der Waals surface area contributed by atoms with Crippen molar-refractivity contribution in [3.05, 3.63) is 72.7 Å². The standard InChI is InChI=1S/C25H23N5O4S/c1-35(34)22-16-30(24-26-14-19(15-27-24)17-5-3-2-4-6-17)21-13-18(7-8-20(21)22)23(31)28-9-11-29(12-10-28)25(32)33/h2-8,13-16H,9-12H2,1H3,(H,32,33). The van der Waals surface area contributed by atoms with Gasteiger partial charge in [0.15, 0.2) is 0 Å². The van der Waals surface area contributed by atoms with E-state index in [1.807, 2.05) is 30.3 Å². The van der Waals surface area contributed by atoms with E-state index >= 15 is 0 Å². The Bertz CT molecular complexity index is 1430. The average molecular weight is 490 g/mol. The summed E-state index contributed by atoms with van der Waals surface area (Å²) < 4.78 is 14.2. The molecule has 1 N–H and O–H groups in total. The van der Waals surface area contributed by atoms with E-state index in [4.69, 9.17) is 5.11 Å². The van der Waals surface area contributed by atoms with Gasteiger partial charge in [0.05, 0.1) is 21.2 Å². The zero-order valence-electron chi connectivity index (χ0n) is 19.0. The summed E-state index contributed by atoms with van der Waals surface area (Å²) in [7, 11) is -1.25. The molecule has 2 aromatic carbocycles. The van der Waals surface area contributed by atoms with Gasteiger partial charge in [-0.05, 0) is 17.7 Å². The molecule has 35 heavy (non-hydrogen) atoms. The Morgan fingerprint density at radius 2 is 1.57 bits per heavy atom. The lowest BCUT2D eigenvalue weighted by molar-refractivity contribution is 0.0625. The van der Waals surface area contributed by atoms with Crippen LogP contribution in [0.5, 0.6) is 0 Å². The quantitative estimate of drug-likeness (QED) is 0.471. The number of amides is 2. The van der Waals surface area contributed by atoms with E-state index in [9.17, 15) is 13.8 Å². The number of rotatable bonds is 4. The fraction of sp³-hybridized carbons (Fsp3) is 0.200. The van der Waals surface area contributed by atoms with Crippen LogP contribution in [0.25, 0.3) is 28.0 Å². The smallest absolute Gasteiger partial charge is 0.407 e. The lowest BCUT2D eigenvalue weighted by Gasteiger charge is -2.33. The van der Waals surface area contributed by atoms with Crippen LogP contribution < -0.4 is 0 Å². The maximum atomic E-state index is 13.2. The van der Waals surface area contributed by atoms with Crippen molar-refractivity contribution >= 4 is 33.7 Å². The van der Waals surface area contributed by atoms with Crippen molar-refractivity contribution in [2.75, 3.05) is 32.4 Å². The Kier molecular flexibility index (Phi) is 6.04. The monoisotopic (exact) mass is 489 g/mol. The number of carbonyl (C=O) groups is 2. The largest absolute Gasteiger partial charge is 0.465 e. The van der Waals surface area contributed by atoms with Gasteiger partial charge in [0.2, 0.25) is 5.95 Å². The molecule has 1 aliphatic heterocycles. The highest BCUT2D eigenvalue weighted by molar-refractivity contribution is 7.84. The van der Waals surface area contributed by atoms with Crippen LogP contribution in [0.2, 0.25) is 0 Å². The van der Waals surface area contributed by atoms with E-state index in [-0.39, 0.29) is 19.0 Å². The lowest BCUT2D eigenvalue weighted by atomic mass is 10.1. The Hall–Kier alpha value is -4.05. The van der Waals surface area contributed by atoms with Gasteiger partial charge in [0.1, 0.15) is 0 Å². The molecule has 4 aromatic rings. The molecule has 3 heterocycles. The minimum Gasteiger partial charge on any atom is -0.465 e. The van der Waals surface area contributed by atoms with Gasteiger partial charge in [0.25, 0.3) is 5.91 Å². The van der Waals surface area contributed by atoms with Crippen molar-refractivity contribution in [3.63, 3.8) is 0 Å². The van der Waals surface area contributed by atoms with Crippen LogP contribution in [0.15, 0.2) is 72.0 Å². The molecule has 1 saturated heterocycles. The van der Waals surface area contributed by atoms with Crippen molar-refractivity contribution in [2.24, 2.45) is 0 Å². The van der Waals surface area contributed by atoms with Crippen LogP contribution in [0.3, 0.4) is 0 Å². The summed E-state index contributed by atoms with van der Waals surface area (Å²) in [5, 5.41) is 9.91. The molecular formula is C25H23N5O4S. The van der Waals surface area contributed by atoms with E-state index in [0.717, 1.165) is 16.5 Å². The molecule has 2 amide bonds. The highest BCUT2D eigenvalue weighted by Gasteiger charge is 2.25. The predicted octanol–water partition coefficient (Wildman–Crippen LogP) is 3.26. The average Bonchev–Trinajstić information content (AvgIpc) is 3.28. The van der Waals surface area contributed by atoms with Crippen LogP contribution in [0, 0.1) is 0 Å². The predicted molar refractivity (Wildman–Crippen MR) is 132 cm³/mol. The third kappa shape index (κ3) is 4.40. The fourth-order valence-electron chi connectivity index (χ4n) is 4.23. The molecule has 2 aromatic heterocycles. The summed E-state index contributed by atoms with van der Waals surface area (Å²) in [6.07, 6.45) is 5.86. The normalized spacial score (nSPS) is 14.8. The second-order valence-electron chi connectivity index (χ2n) is 8.25. The number of aromatic nitrogens is 3. The molecule has 1 fully saturated rings. The number of carboxylic acid groups (broad SMARTS) is 1. The minimum absolute atomic E-state index is 0.177. The summed E-state index contributed by atoms with van der Waals surface area (Å²) >= 11 is 0. The molecule has 1 aliphatic rings. The molecule has 9 nitrogen and oxygen atoms in total. The molecule has 1 unspecified atom stereocenters. The van der Waals surface area contributed by atoms with Crippen molar-refractivity contribution < 1.29 is 18.9 Å². The van der Waals surface area contributed by atoms with Crippen LogP contribution in [0.1, 0.15) is 10.4 Å². The second-order valence-corrected chi connectivity index (χ2v) is 9.60. The molecule has 5 rings (SSSR count). The molecule has 0 saturated carbocycles. The number of hydrogen-bond donors (Lipinski definition) is 1. The van der Waals surface area contributed by atoms with E-state index in [2.05, 4.69) is 9.97 Å². The van der Waals surface area contributed by atoms with E-state index in [1.165, 1.54) is 4.90 Å². The van der Waals surface area contributed by atoms with E-state index < -0.39 is 16.9 Å². The highest BCUT2D eigenvalue weighted by Crippen LogP contribution is 2.28. The first-order valence-electron chi connectivity index (χ1n) is 11.1. The molecule has 10 heteroatoms. The summed E-state index contributed by atoms with van der Waals surface area (Å²) in [6, 6.07) is 15.1. The third-order valence-corrected chi connectivity index (χ3v) is 7.07. The van der Waals surface area contributed by atoms with Crippen molar-refractivity contribution in [2.45, 2.75) is 4.90 Å². The van der Waals surface area contributed by atoms with Gasteiger partial charge in [-0.15, -0.1) is 0 Å². The molecule has 0 spiro atoms. The SMILES string of the molecule is CS(=O)c1cn(-c2ncc(-c3ccccc3)cn2)c2cc(C(=O)N3CCN(C(=O)O)CC3)ccc12. The zero-order chi connectivity index (χ0) is 24.5. The highest BCUT2D eigenvalue weighted by atomic mass is 32.2. The number of benzene rings is 2. The second kappa shape index (κ2) is 9.30. The third-order valence-electron chi connectivity index (χ3n) is 6.12. The van der Waals surface area contributed by atoms with Crippen LogP contribution in [-0.4, -0.2) is 78.1 Å². The number of hydrogen-bond acceptors (Lipinski definition) is 5. The Morgan fingerprint density at radius 1 is 0.914 bits per heavy atom. The first-order valence-corrected chi connectivity index (χ1v) is 12.6. The maximum Gasteiger partial charge on any atom is 0.407 e.